The number of nitro groups is 1. The van der Waals surface area contributed by atoms with Crippen LogP contribution in [0.3, 0.4) is 0 Å². The summed E-state index contributed by atoms with van der Waals surface area (Å²) in [7, 11) is -3.77. The number of para-hydroxylation sites is 1. The van der Waals surface area contributed by atoms with Gasteiger partial charge in [-0.3, -0.25) is 14.9 Å². The van der Waals surface area contributed by atoms with E-state index in [1.54, 1.807) is 30.3 Å². The number of fused-ring (bicyclic) bond motifs is 1. The van der Waals surface area contributed by atoms with Crippen molar-refractivity contribution in [2.75, 3.05) is 36.4 Å². The van der Waals surface area contributed by atoms with E-state index in [1.807, 2.05) is 18.7 Å². The maximum Gasteiger partial charge on any atom is 0.286 e. The number of sulfonamides is 1. The Morgan fingerprint density at radius 3 is 2.38 bits per heavy atom. The van der Waals surface area contributed by atoms with Crippen LogP contribution in [-0.2, 0) is 14.8 Å². The van der Waals surface area contributed by atoms with Crippen LogP contribution in [-0.4, -0.2) is 56.2 Å². The van der Waals surface area contributed by atoms with Gasteiger partial charge in [0.2, 0.25) is 5.91 Å². The summed E-state index contributed by atoms with van der Waals surface area (Å²) in [6, 6.07) is 13.0. The molecule has 1 amide bonds. The second-order valence-corrected chi connectivity index (χ2v) is 10.9. The second-order valence-electron chi connectivity index (χ2n) is 9.29. The lowest BCUT2D eigenvalue weighted by atomic mass is 9.84. The molecule has 1 fully saturated rings. The van der Waals surface area contributed by atoms with Crippen molar-refractivity contribution in [2.24, 2.45) is 9.81 Å². The van der Waals surface area contributed by atoms with Gasteiger partial charge in [0, 0.05) is 56.8 Å². The molecule has 2 aromatic carbocycles. The Morgan fingerprint density at radius 2 is 1.74 bits per heavy atom. The summed E-state index contributed by atoms with van der Waals surface area (Å²) in [6.45, 7) is 6.21. The second kappa shape index (κ2) is 9.05. The maximum atomic E-state index is 13.0. The molecule has 1 saturated heterocycles. The van der Waals surface area contributed by atoms with Gasteiger partial charge in [-0.2, -0.15) is 8.42 Å². The van der Waals surface area contributed by atoms with Gasteiger partial charge < -0.3 is 15.1 Å². The van der Waals surface area contributed by atoms with Gasteiger partial charge in [-0.15, -0.1) is 4.40 Å². The molecule has 0 aliphatic carbocycles. The smallest absolute Gasteiger partial charge is 0.286 e. The SMILES string of the molecule is CC(C)(CC(=O)N1CCN(c2ccc([N+](=O)[O-])cc2)CC1)CC1=NS(=O)(=O)c2ccccc2N1. The van der Waals surface area contributed by atoms with Gasteiger partial charge in [0.25, 0.3) is 15.7 Å². The van der Waals surface area contributed by atoms with Crippen LogP contribution in [0.25, 0.3) is 0 Å². The molecule has 0 radical (unpaired) electrons. The Hall–Kier alpha value is -3.47. The molecule has 1 N–H and O–H groups in total. The number of rotatable bonds is 6. The lowest BCUT2D eigenvalue weighted by Crippen LogP contribution is -2.49. The van der Waals surface area contributed by atoms with Crippen LogP contribution in [0.5, 0.6) is 0 Å². The lowest BCUT2D eigenvalue weighted by molar-refractivity contribution is -0.384. The molecule has 2 heterocycles. The summed E-state index contributed by atoms with van der Waals surface area (Å²) in [4.78, 5) is 27.5. The van der Waals surface area contributed by atoms with Crippen molar-refractivity contribution in [3.63, 3.8) is 0 Å². The molecule has 0 spiro atoms. The number of hydrogen-bond donors (Lipinski definition) is 1. The average molecular weight is 486 g/mol. The van der Waals surface area contributed by atoms with E-state index in [0.29, 0.717) is 44.1 Å². The molecule has 4 rings (SSSR count). The highest BCUT2D eigenvalue weighted by atomic mass is 32.2. The predicted octanol–water partition coefficient (Wildman–Crippen LogP) is 3.26. The van der Waals surface area contributed by atoms with Gasteiger partial charge in [0.15, 0.2) is 0 Å². The van der Waals surface area contributed by atoms with Crippen molar-refractivity contribution >= 4 is 38.8 Å². The zero-order chi connectivity index (χ0) is 24.5. The number of nitro benzene ring substituents is 1. The molecule has 180 valence electrons. The number of carbonyl (C=O) groups is 1. The molecule has 10 nitrogen and oxygen atoms in total. The number of amidine groups is 1. The first-order valence-electron chi connectivity index (χ1n) is 11.0. The minimum absolute atomic E-state index is 0.00742. The molecular formula is C23H27N5O5S. The first kappa shape index (κ1) is 23.7. The standard InChI is InChI=1S/C23H27N5O5S/c1-23(2,15-21-24-19-5-3-4-6-20(19)34(32,33)25-21)16-22(29)27-13-11-26(12-14-27)17-7-9-18(10-8-17)28(30)31/h3-10H,11-16H2,1-2H3,(H,24,25). The van der Waals surface area contributed by atoms with Crippen molar-refractivity contribution in [1.82, 2.24) is 4.90 Å². The number of nitrogens with one attached hydrogen (secondary N) is 1. The van der Waals surface area contributed by atoms with Gasteiger partial charge in [0.1, 0.15) is 10.7 Å². The number of amides is 1. The van der Waals surface area contributed by atoms with Gasteiger partial charge in [0.05, 0.1) is 10.6 Å². The highest BCUT2D eigenvalue weighted by Crippen LogP contribution is 2.32. The Morgan fingerprint density at radius 1 is 1.09 bits per heavy atom. The summed E-state index contributed by atoms with van der Waals surface area (Å²) in [5.74, 6) is 0.340. The molecule has 2 aromatic rings. The van der Waals surface area contributed by atoms with E-state index in [1.165, 1.54) is 18.2 Å². The van der Waals surface area contributed by atoms with Crippen LogP contribution in [0.2, 0.25) is 0 Å². The van der Waals surface area contributed by atoms with Crippen molar-refractivity contribution in [3.05, 3.63) is 58.6 Å². The fourth-order valence-electron chi connectivity index (χ4n) is 4.28. The Balaban J connectivity index is 1.34. The number of piperazine rings is 1. The van der Waals surface area contributed by atoms with Gasteiger partial charge in [-0.1, -0.05) is 26.0 Å². The van der Waals surface area contributed by atoms with Crippen LogP contribution in [0.15, 0.2) is 57.8 Å². The zero-order valence-electron chi connectivity index (χ0n) is 19.1. The van der Waals surface area contributed by atoms with Crippen LogP contribution >= 0.6 is 0 Å². The molecule has 0 aromatic heterocycles. The Labute approximate surface area is 198 Å². The van der Waals surface area contributed by atoms with Gasteiger partial charge in [-0.25, -0.2) is 0 Å². The molecule has 0 saturated carbocycles. The highest BCUT2D eigenvalue weighted by molar-refractivity contribution is 7.90. The number of non-ortho nitro benzene ring substituents is 1. The average Bonchev–Trinajstić information content (AvgIpc) is 2.78. The zero-order valence-corrected chi connectivity index (χ0v) is 19.9. The van der Waals surface area contributed by atoms with E-state index >= 15 is 0 Å². The first-order valence-corrected chi connectivity index (χ1v) is 12.5. The van der Waals surface area contributed by atoms with E-state index in [0.717, 1.165) is 5.69 Å². The number of benzene rings is 2. The summed E-state index contributed by atoms with van der Waals surface area (Å²) >= 11 is 0. The molecule has 2 aliphatic heterocycles. The molecule has 34 heavy (non-hydrogen) atoms. The molecular weight excluding hydrogens is 458 g/mol. The normalized spacial score (nSPS) is 17.4. The van der Waals surface area contributed by atoms with Crippen LogP contribution in [0.1, 0.15) is 26.7 Å². The number of anilines is 2. The minimum atomic E-state index is -3.77. The largest absolute Gasteiger partial charge is 0.368 e. The van der Waals surface area contributed by atoms with E-state index in [9.17, 15) is 23.3 Å². The summed E-state index contributed by atoms with van der Waals surface area (Å²) < 4.78 is 28.9. The molecule has 0 unspecified atom stereocenters. The van der Waals surface area contributed by atoms with Crippen molar-refractivity contribution in [1.29, 1.82) is 0 Å². The van der Waals surface area contributed by atoms with E-state index in [-0.39, 0.29) is 22.9 Å². The third-order valence-corrected chi connectivity index (χ3v) is 7.38. The summed E-state index contributed by atoms with van der Waals surface area (Å²) in [5, 5.41) is 13.9. The minimum Gasteiger partial charge on any atom is -0.368 e. The quantitative estimate of drug-likeness (QED) is 0.492. The third-order valence-electron chi connectivity index (χ3n) is 6.01. The molecule has 0 atom stereocenters. The Kier molecular flexibility index (Phi) is 6.30. The van der Waals surface area contributed by atoms with E-state index in [2.05, 4.69) is 14.6 Å². The monoisotopic (exact) mass is 485 g/mol. The van der Waals surface area contributed by atoms with E-state index in [4.69, 9.17) is 0 Å². The fraction of sp³-hybridized carbons (Fsp3) is 0.391. The van der Waals surface area contributed by atoms with E-state index < -0.39 is 20.4 Å². The Bertz CT molecular complexity index is 1230. The predicted molar refractivity (Wildman–Crippen MR) is 130 cm³/mol. The van der Waals surface area contributed by atoms with Crippen molar-refractivity contribution < 1.29 is 18.1 Å². The molecule has 11 heteroatoms. The molecule has 0 bridgehead atoms. The van der Waals surface area contributed by atoms with Gasteiger partial charge >= 0.3 is 0 Å². The fourth-order valence-corrected chi connectivity index (χ4v) is 5.43. The van der Waals surface area contributed by atoms with Crippen LogP contribution in [0, 0.1) is 15.5 Å². The van der Waals surface area contributed by atoms with Crippen LogP contribution in [0.4, 0.5) is 17.1 Å². The third kappa shape index (κ3) is 5.19. The lowest BCUT2D eigenvalue weighted by Gasteiger charge is -2.37. The summed E-state index contributed by atoms with van der Waals surface area (Å²) in [6.07, 6.45) is 0.571. The van der Waals surface area contributed by atoms with Crippen LogP contribution < -0.4 is 10.2 Å². The summed E-state index contributed by atoms with van der Waals surface area (Å²) in [5.41, 5.74) is 0.936. The highest BCUT2D eigenvalue weighted by Gasteiger charge is 2.32. The van der Waals surface area contributed by atoms with Crippen molar-refractivity contribution in [2.45, 2.75) is 31.6 Å². The molecule has 2 aliphatic rings. The first-order chi connectivity index (χ1) is 16.0. The number of hydrogen-bond acceptors (Lipinski definition) is 7. The number of nitrogens with zero attached hydrogens (tertiary/aromatic N) is 4. The van der Waals surface area contributed by atoms with Crippen molar-refractivity contribution in [3.8, 4) is 0 Å². The number of carbonyl (C=O) groups excluding carboxylic acids is 1. The maximum absolute atomic E-state index is 13.0. The van der Waals surface area contributed by atoms with Gasteiger partial charge in [-0.05, 0) is 29.7 Å². The topological polar surface area (TPSA) is 125 Å².